The number of likely N-dealkylation sites (tertiary alicyclic amines) is 1. The smallest absolute Gasteiger partial charge is 0.293 e. The molecule has 22 heteroatoms. The Morgan fingerprint density at radius 1 is 0.907 bits per heavy atom. The maximum atomic E-state index is 17.6. The average molecular weight is 1200 g/mol. The summed E-state index contributed by atoms with van der Waals surface area (Å²) in [6.07, 6.45) is 11.4. The molecule has 4 saturated heterocycles. The summed E-state index contributed by atoms with van der Waals surface area (Å²) in [4.78, 5) is 48.2. The summed E-state index contributed by atoms with van der Waals surface area (Å²) in [5, 5.41) is 26.9. The van der Waals surface area contributed by atoms with Crippen LogP contribution in [0.1, 0.15) is 111 Å². The minimum atomic E-state index is -4.66. The Kier molecular flexibility index (Phi) is 15.6. The van der Waals surface area contributed by atoms with Crippen molar-refractivity contribution in [1.29, 1.82) is 0 Å². The number of aromatic nitrogens is 3. The van der Waals surface area contributed by atoms with Gasteiger partial charge in [-0.3, -0.25) is 19.8 Å². The number of nitro groups is 1. The van der Waals surface area contributed by atoms with Gasteiger partial charge in [-0.15, -0.1) is 0 Å². The molecule has 13 rings (SSSR count). The summed E-state index contributed by atoms with van der Waals surface area (Å²) in [5.74, 6) is 1.03. The highest BCUT2D eigenvalue weighted by Crippen LogP contribution is 2.56. The van der Waals surface area contributed by atoms with Crippen molar-refractivity contribution in [2.24, 2.45) is 11.3 Å². The Morgan fingerprint density at radius 3 is 2.47 bits per heavy atom. The Morgan fingerprint density at radius 2 is 1.70 bits per heavy atom. The number of carbonyl (C=O) groups is 1. The molecule has 8 heterocycles. The van der Waals surface area contributed by atoms with E-state index in [1.54, 1.807) is 19.4 Å². The summed E-state index contributed by atoms with van der Waals surface area (Å²) in [5.41, 5.74) is 3.47. The van der Waals surface area contributed by atoms with E-state index < -0.39 is 48.8 Å². The van der Waals surface area contributed by atoms with Crippen molar-refractivity contribution in [3.05, 3.63) is 124 Å². The van der Waals surface area contributed by atoms with Crippen molar-refractivity contribution in [3.8, 4) is 11.6 Å². The van der Waals surface area contributed by atoms with Crippen LogP contribution >= 0.6 is 0 Å². The van der Waals surface area contributed by atoms with Crippen LogP contribution in [-0.2, 0) is 25.9 Å². The van der Waals surface area contributed by atoms with Crippen LogP contribution in [0, 0.1) is 28.4 Å². The highest BCUT2D eigenvalue weighted by atomic mass is 32.2. The fraction of sp³-hybridized carbons (Fsp3) is 0.516. The van der Waals surface area contributed by atoms with Gasteiger partial charge in [-0.05, 0) is 155 Å². The number of nitrogens with one attached hydrogen (secondary N) is 3. The van der Waals surface area contributed by atoms with Gasteiger partial charge < -0.3 is 49.1 Å². The summed E-state index contributed by atoms with van der Waals surface area (Å²) < 4.78 is 72.4. The maximum Gasteiger partial charge on any atom is 0.293 e. The van der Waals surface area contributed by atoms with Crippen LogP contribution in [0.5, 0.6) is 11.6 Å². The van der Waals surface area contributed by atoms with E-state index in [0.29, 0.717) is 99.7 Å². The van der Waals surface area contributed by atoms with Crippen molar-refractivity contribution < 1.29 is 46.6 Å². The van der Waals surface area contributed by atoms with Gasteiger partial charge in [-0.1, -0.05) is 24.3 Å². The molecular weight excluding hydrogens is 1120 g/mol. The van der Waals surface area contributed by atoms with E-state index in [0.717, 1.165) is 98.8 Å². The molecule has 0 bridgehead atoms. The van der Waals surface area contributed by atoms with Gasteiger partial charge in [0, 0.05) is 100 Å². The first-order valence-electron chi connectivity index (χ1n) is 30.5. The maximum absolute atomic E-state index is 17.6. The minimum absolute atomic E-state index is 0.0826. The summed E-state index contributed by atoms with van der Waals surface area (Å²) in [7, 11) is -3.02. The number of sulfonamides is 1. The van der Waals surface area contributed by atoms with E-state index in [-0.39, 0.29) is 47.7 Å². The number of nitro benzene ring substituents is 1. The van der Waals surface area contributed by atoms with E-state index in [4.69, 9.17) is 28.9 Å². The van der Waals surface area contributed by atoms with E-state index >= 15 is 4.39 Å². The number of morpholine rings is 1. The third-order valence-electron chi connectivity index (χ3n) is 19.8. The van der Waals surface area contributed by atoms with Crippen molar-refractivity contribution in [3.63, 3.8) is 0 Å². The summed E-state index contributed by atoms with van der Waals surface area (Å²) in [6.45, 7) is 9.92. The number of carbonyl (C=O) groups excluding carboxylic acids is 1. The fourth-order valence-electron chi connectivity index (χ4n) is 14.9. The number of fused-ring (bicyclic) bond motifs is 3. The zero-order valence-corrected chi connectivity index (χ0v) is 50.0. The molecule has 6 fully saturated rings. The molecule has 1 amide bonds. The Hall–Kier alpha value is -7.11. The Labute approximate surface area is 500 Å². The number of anilines is 5. The second-order valence-corrected chi connectivity index (χ2v) is 27.2. The number of halogens is 1. The number of nitrogens with zero attached hydrogens (tertiary/aromatic N) is 7. The SMILES string of the molecule is COc1cc(C[C@]2(F)CCN(C3CC4(CCN(c5ccc(C(=O)NS(=O)(=O)c6ccc(NCC7CCC(C)(O)CC7)c([N+](=O)[O-])c6)c(N6c7cc8cc[nH]c8nc7O[C@H]7COCC[C@@H]76)c5)CC4)C3)[C@H](c3ccccc3C)C2)cnc1N1CCOCC1. The van der Waals surface area contributed by atoms with Crippen molar-refractivity contribution >= 4 is 61.2 Å². The average Bonchev–Trinajstić information content (AvgIpc) is 1.03. The lowest BCUT2D eigenvalue weighted by molar-refractivity contribution is -0.384. The molecule has 3 aromatic carbocycles. The number of hydrogen-bond acceptors (Lipinski definition) is 17. The van der Waals surface area contributed by atoms with Crippen LogP contribution in [0.25, 0.3) is 11.0 Å². The summed E-state index contributed by atoms with van der Waals surface area (Å²) >= 11 is 0. The third kappa shape index (κ3) is 11.5. The third-order valence-corrected chi connectivity index (χ3v) is 21.1. The molecule has 7 aliphatic rings. The second-order valence-electron chi connectivity index (χ2n) is 25.5. The standard InChI is InChI=1S/C64H77FN10O10S/c1-41-6-4-5-7-48(41)55-37-64(65,34-43-30-56(82-3)59(68-39-43)72-25-28-83-29-26-72)20-24-73(55)46-35-63(36-46)18-22-71(23-19-63)45-8-10-49(52(32-45)74-51-15-27-84-40-57(51)85-61-54(74)31-44-14-21-66-58(44)69-61)60(76)70-86(80,81)47-9-11-50(53(33-47)75(78)79)67-38-42-12-16-62(2,77)17-13-42/h4-11,14,21,30-33,39,42,46,51,55,57,67,77H,12-13,15-20,22-29,34-38,40H2,1-3H3,(H,66,69)(H,70,76)/t42?,51-,55-,57-,62?,64+/m0/s1. The molecule has 0 unspecified atom stereocenters. The first-order chi connectivity index (χ1) is 41.4. The van der Waals surface area contributed by atoms with E-state index in [1.165, 1.54) is 17.7 Å². The number of hydrogen-bond donors (Lipinski definition) is 4. The second kappa shape index (κ2) is 23.2. The van der Waals surface area contributed by atoms with Crippen LogP contribution in [0.15, 0.2) is 96.2 Å². The molecule has 4 N–H and O–H groups in total. The molecule has 3 aromatic heterocycles. The molecule has 1 spiro atoms. The summed E-state index contributed by atoms with van der Waals surface area (Å²) in [6, 6.07) is 23.3. The predicted molar refractivity (Wildman–Crippen MR) is 325 cm³/mol. The molecule has 86 heavy (non-hydrogen) atoms. The number of piperidine rings is 2. The number of methoxy groups -OCH3 is 1. The van der Waals surface area contributed by atoms with E-state index in [9.17, 15) is 28.4 Å². The first-order valence-corrected chi connectivity index (χ1v) is 32.0. The van der Waals surface area contributed by atoms with Gasteiger partial charge in [-0.2, -0.15) is 4.98 Å². The van der Waals surface area contributed by atoms with Crippen LogP contribution in [0.4, 0.5) is 38.6 Å². The van der Waals surface area contributed by atoms with E-state index in [2.05, 4.69) is 59.7 Å². The van der Waals surface area contributed by atoms with Gasteiger partial charge in [0.25, 0.3) is 21.6 Å². The number of benzene rings is 3. The number of H-pyrrole nitrogens is 1. The van der Waals surface area contributed by atoms with E-state index in [1.807, 2.05) is 49.5 Å². The molecule has 0 radical (unpaired) electrons. The quantitative estimate of drug-likeness (QED) is 0.0554. The van der Waals surface area contributed by atoms with Crippen LogP contribution < -0.4 is 34.2 Å². The molecule has 20 nitrogen and oxygen atoms in total. The number of aliphatic hydroxyl groups is 1. The number of rotatable bonds is 15. The Bertz CT molecular complexity index is 3630. The molecule has 456 valence electrons. The molecule has 5 aliphatic heterocycles. The lowest BCUT2D eigenvalue weighted by Crippen LogP contribution is -2.58. The lowest BCUT2D eigenvalue weighted by Gasteiger charge is -2.58. The number of aromatic amines is 1. The van der Waals surface area contributed by atoms with Crippen molar-refractivity contribution in [2.45, 2.75) is 131 Å². The highest BCUT2D eigenvalue weighted by molar-refractivity contribution is 7.90. The number of ether oxygens (including phenoxy) is 4. The van der Waals surface area contributed by atoms with Crippen molar-refractivity contribution in [1.82, 2.24) is 24.6 Å². The molecule has 2 saturated carbocycles. The monoisotopic (exact) mass is 1200 g/mol. The fourth-order valence-corrected chi connectivity index (χ4v) is 15.8. The number of amides is 1. The molecule has 6 aromatic rings. The van der Waals surface area contributed by atoms with Gasteiger partial charge in [0.2, 0.25) is 5.88 Å². The van der Waals surface area contributed by atoms with Crippen LogP contribution in [0.2, 0.25) is 0 Å². The van der Waals surface area contributed by atoms with Crippen molar-refractivity contribution in [2.75, 3.05) is 92.8 Å². The Balaban J connectivity index is 0.741. The van der Waals surface area contributed by atoms with Crippen LogP contribution in [0.3, 0.4) is 0 Å². The first kappa shape index (κ1) is 57.9. The zero-order valence-electron chi connectivity index (χ0n) is 49.1. The molecule has 2 aliphatic carbocycles. The number of aryl methyl sites for hydroxylation is 1. The van der Waals surface area contributed by atoms with Gasteiger partial charge in [-0.25, -0.2) is 22.5 Å². The minimum Gasteiger partial charge on any atom is -0.493 e. The number of alkyl halides is 1. The zero-order chi connectivity index (χ0) is 59.5. The van der Waals surface area contributed by atoms with Gasteiger partial charge >= 0.3 is 0 Å². The predicted octanol–water partition coefficient (Wildman–Crippen LogP) is 9.72. The number of pyridine rings is 2. The topological polar surface area (TPSA) is 230 Å². The van der Waals surface area contributed by atoms with Gasteiger partial charge in [0.15, 0.2) is 11.6 Å². The lowest BCUT2D eigenvalue weighted by atomic mass is 9.59. The largest absolute Gasteiger partial charge is 0.493 e. The van der Waals surface area contributed by atoms with Gasteiger partial charge in [0.1, 0.15) is 28.8 Å². The van der Waals surface area contributed by atoms with Crippen LogP contribution in [-0.4, -0.2) is 146 Å². The van der Waals surface area contributed by atoms with Gasteiger partial charge in [0.05, 0.1) is 59.6 Å². The normalized spacial score (nSPS) is 26.1. The highest BCUT2D eigenvalue weighted by Gasteiger charge is 2.52. The molecular formula is C64H77FN10O10S. The molecule has 4 atom stereocenters.